The molecular weight excluding hydrogens is 272 g/mol. The van der Waals surface area contributed by atoms with Crippen LogP contribution in [0.5, 0.6) is 5.75 Å². The minimum absolute atomic E-state index is 0.646. The fourth-order valence-corrected chi connectivity index (χ4v) is 2.23. The van der Waals surface area contributed by atoms with Crippen LogP contribution in [0.4, 0.5) is 5.69 Å². The summed E-state index contributed by atoms with van der Waals surface area (Å²) < 4.78 is 5.34. The predicted molar refractivity (Wildman–Crippen MR) is 81.3 cm³/mol. The maximum absolute atomic E-state index is 8.95. The quantitative estimate of drug-likeness (QED) is 0.856. The Morgan fingerprint density at radius 2 is 2.05 bits per heavy atom. The van der Waals surface area contributed by atoms with Crippen LogP contribution in [0.1, 0.15) is 11.1 Å². The van der Waals surface area contributed by atoms with Crippen molar-refractivity contribution in [3.63, 3.8) is 0 Å². The number of anilines is 1. The van der Waals surface area contributed by atoms with Crippen LogP contribution in [0.2, 0.25) is 5.02 Å². The highest BCUT2D eigenvalue weighted by atomic mass is 35.5. The van der Waals surface area contributed by atoms with Crippen LogP contribution < -0.4 is 9.64 Å². The van der Waals surface area contributed by atoms with E-state index in [0.29, 0.717) is 17.1 Å². The Kier molecular flexibility index (Phi) is 4.49. The maximum atomic E-state index is 8.95. The molecule has 0 radical (unpaired) electrons. The summed E-state index contributed by atoms with van der Waals surface area (Å²) in [6.07, 6.45) is 0. The molecule has 0 aliphatic carbocycles. The van der Waals surface area contributed by atoms with Crippen molar-refractivity contribution >= 4 is 17.3 Å². The Labute approximate surface area is 124 Å². The predicted octanol–water partition coefficient (Wildman–Crippen LogP) is 3.86. The second-order valence-corrected chi connectivity index (χ2v) is 4.91. The highest BCUT2D eigenvalue weighted by molar-refractivity contribution is 6.30. The minimum Gasteiger partial charge on any atom is -0.496 e. The second-order valence-electron chi connectivity index (χ2n) is 4.47. The minimum atomic E-state index is 0.646. The first-order chi connectivity index (χ1) is 9.63. The van der Waals surface area contributed by atoms with Crippen LogP contribution in [0.3, 0.4) is 0 Å². The average molecular weight is 287 g/mol. The van der Waals surface area contributed by atoms with Crippen LogP contribution in [-0.2, 0) is 6.54 Å². The number of methoxy groups -OCH3 is 1. The van der Waals surface area contributed by atoms with Gasteiger partial charge in [-0.15, -0.1) is 0 Å². The maximum Gasteiger partial charge on any atom is 0.123 e. The summed E-state index contributed by atoms with van der Waals surface area (Å²) >= 11 is 6.03. The van der Waals surface area contributed by atoms with Gasteiger partial charge in [0, 0.05) is 29.9 Å². The molecule has 0 unspecified atom stereocenters. The summed E-state index contributed by atoms with van der Waals surface area (Å²) in [4.78, 5) is 2.05. The van der Waals surface area contributed by atoms with E-state index in [2.05, 4.69) is 11.0 Å². The molecule has 0 aliphatic heterocycles. The van der Waals surface area contributed by atoms with E-state index >= 15 is 0 Å². The van der Waals surface area contributed by atoms with Gasteiger partial charge in [-0.2, -0.15) is 5.26 Å². The molecule has 0 saturated heterocycles. The SMILES string of the molecule is COc1ccc(Cl)cc1CN(C)c1cccc(C#N)c1. The first-order valence-electron chi connectivity index (χ1n) is 6.17. The van der Waals surface area contributed by atoms with E-state index in [1.165, 1.54) is 0 Å². The molecule has 0 spiro atoms. The average Bonchev–Trinajstić information content (AvgIpc) is 2.47. The molecule has 102 valence electrons. The van der Waals surface area contributed by atoms with Crippen molar-refractivity contribution in [2.45, 2.75) is 6.54 Å². The van der Waals surface area contributed by atoms with Crippen molar-refractivity contribution in [2.75, 3.05) is 19.1 Å². The van der Waals surface area contributed by atoms with E-state index in [4.69, 9.17) is 21.6 Å². The molecule has 0 aliphatic rings. The molecule has 0 aromatic heterocycles. The van der Waals surface area contributed by atoms with Crippen LogP contribution in [0, 0.1) is 11.3 Å². The number of nitrogens with zero attached hydrogens (tertiary/aromatic N) is 2. The lowest BCUT2D eigenvalue weighted by Gasteiger charge is -2.21. The molecule has 0 amide bonds. The van der Waals surface area contributed by atoms with Crippen LogP contribution in [0.25, 0.3) is 0 Å². The fraction of sp³-hybridized carbons (Fsp3) is 0.188. The Hall–Kier alpha value is -2.18. The van der Waals surface area contributed by atoms with Gasteiger partial charge in [0.2, 0.25) is 0 Å². The first-order valence-corrected chi connectivity index (χ1v) is 6.55. The van der Waals surface area contributed by atoms with E-state index < -0.39 is 0 Å². The van der Waals surface area contributed by atoms with Crippen LogP contribution in [0.15, 0.2) is 42.5 Å². The molecule has 0 N–H and O–H groups in total. The van der Waals surface area contributed by atoms with Gasteiger partial charge in [-0.3, -0.25) is 0 Å². The van der Waals surface area contributed by atoms with Crippen molar-refractivity contribution < 1.29 is 4.74 Å². The summed E-state index contributed by atoms with van der Waals surface area (Å²) in [6.45, 7) is 0.651. The lowest BCUT2D eigenvalue weighted by atomic mass is 10.1. The van der Waals surface area contributed by atoms with E-state index in [1.807, 2.05) is 37.4 Å². The largest absolute Gasteiger partial charge is 0.496 e. The van der Waals surface area contributed by atoms with E-state index in [1.54, 1.807) is 19.2 Å². The van der Waals surface area contributed by atoms with Gasteiger partial charge in [-0.1, -0.05) is 17.7 Å². The van der Waals surface area contributed by atoms with Gasteiger partial charge in [-0.25, -0.2) is 0 Å². The number of halogens is 1. The van der Waals surface area contributed by atoms with Crippen molar-refractivity contribution in [1.29, 1.82) is 5.26 Å². The van der Waals surface area contributed by atoms with Crippen molar-refractivity contribution in [2.24, 2.45) is 0 Å². The number of hydrogen-bond donors (Lipinski definition) is 0. The van der Waals surface area contributed by atoms with Crippen molar-refractivity contribution in [1.82, 2.24) is 0 Å². The molecule has 3 nitrogen and oxygen atoms in total. The van der Waals surface area contributed by atoms with Crippen molar-refractivity contribution in [3.05, 3.63) is 58.6 Å². The molecule has 2 aromatic carbocycles. The molecular formula is C16H15ClN2O. The van der Waals surface area contributed by atoms with Gasteiger partial charge in [0.25, 0.3) is 0 Å². The summed E-state index contributed by atoms with van der Waals surface area (Å²) in [7, 11) is 3.61. The fourth-order valence-electron chi connectivity index (χ4n) is 2.03. The van der Waals surface area contributed by atoms with Gasteiger partial charge in [0.15, 0.2) is 0 Å². The smallest absolute Gasteiger partial charge is 0.123 e. The Morgan fingerprint density at radius 1 is 1.25 bits per heavy atom. The van der Waals surface area contributed by atoms with Crippen molar-refractivity contribution in [3.8, 4) is 11.8 Å². The van der Waals surface area contributed by atoms with Crippen LogP contribution >= 0.6 is 11.6 Å². The number of rotatable bonds is 4. The standard InChI is InChI=1S/C16H15ClN2O/c1-19(15-5-3-4-12(8-15)10-18)11-13-9-14(17)6-7-16(13)20-2/h3-9H,11H2,1-2H3. The summed E-state index contributed by atoms with van der Waals surface area (Å²) in [5, 5.41) is 9.63. The zero-order valence-corrected chi connectivity index (χ0v) is 12.2. The van der Waals surface area contributed by atoms with Gasteiger partial charge in [-0.05, 0) is 36.4 Å². The van der Waals surface area contributed by atoms with Gasteiger partial charge < -0.3 is 9.64 Å². The molecule has 4 heteroatoms. The molecule has 0 fully saturated rings. The summed E-state index contributed by atoms with van der Waals surface area (Å²) in [5.41, 5.74) is 2.63. The topological polar surface area (TPSA) is 36.3 Å². The highest BCUT2D eigenvalue weighted by Crippen LogP contribution is 2.25. The monoisotopic (exact) mass is 286 g/mol. The molecule has 0 heterocycles. The molecule has 2 aromatic rings. The molecule has 0 atom stereocenters. The van der Waals surface area contributed by atoms with Gasteiger partial charge in [0.05, 0.1) is 18.7 Å². The van der Waals surface area contributed by atoms with E-state index in [9.17, 15) is 0 Å². The third-order valence-electron chi connectivity index (χ3n) is 3.07. The molecule has 0 bridgehead atoms. The van der Waals surface area contributed by atoms with Crippen LogP contribution in [-0.4, -0.2) is 14.2 Å². The van der Waals surface area contributed by atoms with Gasteiger partial charge in [0.1, 0.15) is 5.75 Å². The lowest BCUT2D eigenvalue weighted by Crippen LogP contribution is -2.17. The first kappa shape index (κ1) is 14.2. The zero-order chi connectivity index (χ0) is 14.5. The molecule has 0 saturated carbocycles. The summed E-state index contributed by atoms with van der Waals surface area (Å²) in [5.74, 6) is 0.803. The number of benzene rings is 2. The normalized spacial score (nSPS) is 9.90. The highest BCUT2D eigenvalue weighted by Gasteiger charge is 2.08. The third kappa shape index (κ3) is 3.23. The number of nitriles is 1. The Balaban J connectivity index is 2.25. The third-order valence-corrected chi connectivity index (χ3v) is 3.30. The van der Waals surface area contributed by atoms with E-state index in [-0.39, 0.29) is 0 Å². The Morgan fingerprint density at radius 3 is 2.75 bits per heavy atom. The zero-order valence-electron chi connectivity index (χ0n) is 11.4. The number of hydrogen-bond acceptors (Lipinski definition) is 3. The van der Waals surface area contributed by atoms with Gasteiger partial charge >= 0.3 is 0 Å². The van der Waals surface area contributed by atoms with E-state index in [0.717, 1.165) is 17.0 Å². The number of ether oxygens (including phenoxy) is 1. The molecule has 2 rings (SSSR count). The molecule has 20 heavy (non-hydrogen) atoms. The Bertz CT molecular complexity index is 649. The summed E-state index contributed by atoms with van der Waals surface area (Å²) in [6, 6.07) is 15.2. The second kappa shape index (κ2) is 6.31. The lowest BCUT2D eigenvalue weighted by molar-refractivity contribution is 0.409.